The molecule has 8 heteroatoms. The normalized spacial score (nSPS) is 10.3. The Morgan fingerprint density at radius 2 is 2.21 bits per heavy atom. The zero-order valence-electron chi connectivity index (χ0n) is 9.64. The minimum atomic E-state index is -0.469. The Labute approximate surface area is 119 Å². The van der Waals surface area contributed by atoms with Crippen molar-refractivity contribution in [2.45, 2.75) is 6.73 Å². The number of nitrogens with zero attached hydrogens (tertiary/aromatic N) is 2. The van der Waals surface area contributed by atoms with Gasteiger partial charge in [-0.2, -0.15) is 5.10 Å². The van der Waals surface area contributed by atoms with E-state index in [0.29, 0.717) is 15.8 Å². The second kappa shape index (κ2) is 5.92. The summed E-state index contributed by atoms with van der Waals surface area (Å²) in [7, 11) is 0. The molecule has 0 aliphatic heterocycles. The molecule has 0 radical (unpaired) electrons. The molecule has 6 nitrogen and oxygen atoms in total. The Kier molecular flexibility index (Phi) is 4.26. The van der Waals surface area contributed by atoms with Crippen LogP contribution in [-0.2, 0) is 6.73 Å². The molecule has 0 saturated heterocycles. The highest BCUT2D eigenvalue weighted by atomic mass is 35.5. The van der Waals surface area contributed by atoms with Crippen molar-refractivity contribution in [3.63, 3.8) is 0 Å². The number of carbonyl (C=O) groups is 1. The Hall–Kier alpha value is -1.76. The van der Waals surface area contributed by atoms with E-state index in [1.807, 2.05) is 5.43 Å². The number of rotatable bonds is 4. The number of ether oxygens (including phenoxy) is 1. The summed E-state index contributed by atoms with van der Waals surface area (Å²) in [4.78, 5) is 11.2. The van der Waals surface area contributed by atoms with Crippen LogP contribution in [0.25, 0.3) is 0 Å². The van der Waals surface area contributed by atoms with Crippen LogP contribution in [-0.4, -0.2) is 15.7 Å². The van der Waals surface area contributed by atoms with Crippen molar-refractivity contribution in [3.8, 4) is 5.75 Å². The fraction of sp³-hybridized carbons (Fsp3) is 0.0909. The van der Waals surface area contributed by atoms with Gasteiger partial charge in [-0.1, -0.05) is 23.2 Å². The van der Waals surface area contributed by atoms with Crippen molar-refractivity contribution in [1.29, 1.82) is 0 Å². The molecule has 1 amide bonds. The minimum Gasteiger partial charge on any atom is -0.470 e. The molecule has 0 bridgehead atoms. The summed E-state index contributed by atoms with van der Waals surface area (Å²) in [5.41, 5.74) is 2.19. The Morgan fingerprint density at radius 1 is 1.42 bits per heavy atom. The molecule has 0 aliphatic rings. The first-order valence-electron chi connectivity index (χ1n) is 5.22. The first kappa shape index (κ1) is 13.7. The molecule has 2 aromatic rings. The van der Waals surface area contributed by atoms with E-state index < -0.39 is 5.91 Å². The number of amides is 1. The van der Waals surface area contributed by atoms with Crippen molar-refractivity contribution < 1.29 is 9.53 Å². The fourth-order valence-electron chi connectivity index (χ4n) is 1.36. The van der Waals surface area contributed by atoms with Gasteiger partial charge in [0, 0.05) is 11.2 Å². The highest BCUT2D eigenvalue weighted by Gasteiger charge is 2.08. The number of nitrogens with one attached hydrogen (secondary N) is 1. The van der Waals surface area contributed by atoms with E-state index in [1.54, 1.807) is 24.4 Å². The SMILES string of the molecule is NNC(=O)c1ccn(COc2ccc(Cl)cc2Cl)n1. The zero-order chi connectivity index (χ0) is 13.8. The third kappa shape index (κ3) is 3.37. The van der Waals surface area contributed by atoms with E-state index in [4.69, 9.17) is 33.8 Å². The molecular formula is C11H10Cl2N4O2. The van der Waals surface area contributed by atoms with Gasteiger partial charge >= 0.3 is 0 Å². The van der Waals surface area contributed by atoms with E-state index in [1.165, 1.54) is 10.7 Å². The molecule has 3 N–H and O–H groups in total. The second-order valence-corrected chi connectivity index (χ2v) is 4.41. The average molecular weight is 301 g/mol. The number of hydrazine groups is 1. The van der Waals surface area contributed by atoms with Crippen LogP contribution >= 0.6 is 23.2 Å². The van der Waals surface area contributed by atoms with E-state index in [2.05, 4.69) is 5.10 Å². The maximum atomic E-state index is 11.2. The van der Waals surface area contributed by atoms with Gasteiger partial charge in [0.2, 0.25) is 0 Å². The molecule has 2 rings (SSSR count). The number of nitrogens with two attached hydrogens (primary N) is 1. The van der Waals surface area contributed by atoms with Gasteiger partial charge in [0.15, 0.2) is 12.4 Å². The van der Waals surface area contributed by atoms with Crippen LogP contribution in [0.3, 0.4) is 0 Å². The molecule has 0 saturated carbocycles. The molecule has 0 fully saturated rings. The summed E-state index contributed by atoms with van der Waals surface area (Å²) in [6.07, 6.45) is 1.59. The molecular weight excluding hydrogens is 291 g/mol. The molecule has 1 aromatic carbocycles. The van der Waals surface area contributed by atoms with Gasteiger partial charge in [-0.15, -0.1) is 0 Å². The monoisotopic (exact) mass is 300 g/mol. The summed E-state index contributed by atoms with van der Waals surface area (Å²) in [6, 6.07) is 6.42. The Morgan fingerprint density at radius 3 is 2.89 bits per heavy atom. The highest BCUT2D eigenvalue weighted by Crippen LogP contribution is 2.27. The van der Waals surface area contributed by atoms with Gasteiger partial charge in [0.05, 0.1) is 5.02 Å². The third-order valence-corrected chi connectivity index (χ3v) is 2.78. The average Bonchev–Trinajstić information content (AvgIpc) is 2.85. The summed E-state index contributed by atoms with van der Waals surface area (Å²) < 4.78 is 6.89. The maximum Gasteiger partial charge on any atom is 0.285 e. The van der Waals surface area contributed by atoms with Crippen LogP contribution in [0.15, 0.2) is 30.5 Å². The lowest BCUT2D eigenvalue weighted by Gasteiger charge is -2.08. The largest absolute Gasteiger partial charge is 0.470 e. The lowest BCUT2D eigenvalue weighted by Crippen LogP contribution is -2.30. The molecule has 0 aliphatic carbocycles. The first-order valence-corrected chi connectivity index (χ1v) is 5.98. The number of hydrogen-bond acceptors (Lipinski definition) is 4. The maximum absolute atomic E-state index is 11.2. The van der Waals surface area contributed by atoms with Crippen LogP contribution in [0.4, 0.5) is 0 Å². The molecule has 0 spiro atoms. The van der Waals surface area contributed by atoms with Crippen molar-refractivity contribution in [2.24, 2.45) is 5.84 Å². The number of benzene rings is 1. The van der Waals surface area contributed by atoms with Crippen LogP contribution in [0.2, 0.25) is 10.0 Å². The summed E-state index contributed by atoms with van der Waals surface area (Å²) in [6.45, 7) is 0.110. The van der Waals surface area contributed by atoms with Gasteiger partial charge in [-0.3, -0.25) is 10.2 Å². The van der Waals surface area contributed by atoms with E-state index >= 15 is 0 Å². The van der Waals surface area contributed by atoms with Crippen LogP contribution < -0.4 is 16.0 Å². The van der Waals surface area contributed by atoms with Crippen molar-refractivity contribution in [2.75, 3.05) is 0 Å². The number of carbonyl (C=O) groups excluding carboxylic acids is 1. The molecule has 1 aromatic heterocycles. The van der Waals surface area contributed by atoms with Gasteiger partial charge in [0.25, 0.3) is 5.91 Å². The number of hydrogen-bond donors (Lipinski definition) is 2. The van der Waals surface area contributed by atoms with Crippen LogP contribution in [0, 0.1) is 0 Å². The summed E-state index contributed by atoms with van der Waals surface area (Å²) in [5, 5.41) is 4.90. The topological polar surface area (TPSA) is 82.2 Å². The van der Waals surface area contributed by atoms with Crippen LogP contribution in [0.1, 0.15) is 10.5 Å². The van der Waals surface area contributed by atoms with E-state index in [0.717, 1.165) is 0 Å². The smallest absolute Gasteiger partial charge is 0.285 e. The number of nitrogen functional groups attached to an aromatic ring is 1. The van der Waals surface area contributed by atoms with Gasteiger partial charge in [0.1, 0.15) is 5.75 Å². The summed E-state index contributed by atoms with van der Waals surface area (Å²) >= 11 is 11.7. The third-order valence-electron chi connectivity index (χ3n) is 2.25. The zero-order valence-corrected chi connectivity index (χ0v) is 11.1. The van der Waals surface area contributed by atoms with Crippen molar-refractivity contribution in [3.05, 3.63) is 46.2 Å². The Bertz CT molecular complexity index is 600. The standard InChI is InChI=1S/C11H10Cl2N4O2/c12-7-1-2-10(8(13)5-7)19-6-17-4-3-9(16-17)11(18)15-14/h1-5H,6,14H2,(H,15,18). The molecule has 0 atom stereocenters. The Balaban J connectivity index is 2.02. The second-order valence-electron chi connectivity index (χ2n) is 3.56. The lowest BCUT2D eigenvalue weighted by atomic mass is 10.3. The fourth-order valence-corrected chi connectivity index (χ4v) is 1.82. The van der Waals surface area contributed by atoms with Crippen molar-refractivity contribution >= 4 is 29.1 Å². The van der Waals surface area contributed by atoms with Crippen molar-refractivity contribution in [1.82, 2.24) is 15.2 Å². The van der Waals surface area contributed by atoms with E-state index in [9.17, 15) is 4.79 Å². The van der Waals surface area contributed by atoms with Crippen LogP contribution in [0.5, 0.6) is 5.75 Å². The predicted octanol–water partition coefficient (Wildman–Crippen LogP) is 1.83. The molecule has 19 heavy (non-hydrogen) atoms. The van der Waals surface area contributed by atoms with Gasteiger partial charge in [-0.05, 0) is 24.3 Å². The quantitative estimate of drug-likeness (QED) is 0.513. The predicted molar refractivity (Wildman–Crippen MR) is 71.0 cm³/mol. The number of halogens is 2. The number of aromatic nitrogens is 2. The summed E-state index contributed by atoms with van der Waals surface area (Å²) in [5.74, 6) is 5.01. The lowest BCUT2D eigenvalue weighted by molar-refractivity contribution is 0.0946. The molecule has 0 unspecified atom stereocenters. The van der Waals surface area contributed by atoms with Gasteiger partial charge in [-0.25, -0.2) is 10.5 Å². The van der Waals surface area contributed by atoms with Gasteiger partial charge < -0.3 is 4.74 Å². The molecule has 1 heterocycles. The minimum absolute atomic E-state index is 0.110. The van der Waals surface area contributed by atoms with E-state index in [-0.39, 0.29) is 12.4 Å². The first-order chi connectivity index (χ1) is 9.10. The highest BCUT2D eigenvalue weighted by molar-refractivity contribution is 6.35. The molecule has 100 valence electrons.